The first-order chi connectivity index (χ1) is 10.8. The van der Waals surface area contributed by atoms with Gasteiger partial charge < -0.3 is 0 Å². The summed E-state index contributed by atoms with van der Waals surface area (Å²) in [5.41, 5.74) is 1.31. The Morgan fingerprint density at radius 2 is 1.41 bits per heavy atom. The average Bonchev–Trinajstić information content (AvgIpc) is 3.01. The largest absolute Gasteiger partial charge is 0.143 e. The van der Waals surface area contributed by atoms with E-state index in [9.17, 15) is 0 Å². The Kier molecular flexibility index (Phi) is 2.39. The number of hydrogen-bond acceptors (Lipinski definition) is 1. The molecule has 0 amide bonds. The number of benzene rings is 4. The van der Waals surface area contributed by atoms with Gasteiger partial charge in [-0.2, -0.15) is 0 Å². The second-order valence-electron chi connectivity index (χ2n) is 5.99. The average molecular weight is 298 g/mol. The highest BCUT2D eigenvalue weighted by Crippen LogP contribution is 2.35. The fourth-order valence-electron chi connectivity index (χ4n) is 3.43. The van der Waals surface area contributed by atoms with Gasteiger partial charge in [-0.1, -0.05) is 48.0 Å². The molecule has 1 heteroatoms. The highest BCUT2D eigenvalue weighted by atomic mass is 32.1. The summed E-state index contributed by atoms with van der Waals surface area (Å²) in [7, 11) is 0. The minimum atomic E-state index is 1.31. The zero-order valence-electron chi connectivity index (χ0n) is 12.3. The van der Waals surface area contributed by atoms with Crippen LogP contribution in [0.5, 0.6) is 0 Å². The summed E-state index contributed by atoms with van der Waals surface area (Å²) in [4.78, 5) is 0. The molecule has 5 aromatic rings. The van der Waals surface area contributed by atoms with Crippen molar-refractivity contribution in [3.05, 3.63) is 71.6 Å². The Morgan fingerprint density at radius 3 is 2.36 bits per heavy atom. The lowest BCUT2D eigenvalue weighted by Crippen LogP contribution is -1.81. The van der Waals surface area contributed by atoms with Crippen LogP contribution < -0.4 is 0 Å². The predicted molar refractivity (Wildman–Crippen MR) is 99.1 cm³/mol. The van der Waals surface area contributed by atoms with E-state index in [0.29, 0.717) is 0 Å². The molecule has 0 saturated heterocycles. The van der Waals surface area contributed by atoms with Crippen LogP contribution in [0.2, 0.25) is 0 Å². The molecule has 0 N–H and O–H groups in total. The van der Waals surface area contributed by atoms with E-state index in [1.54, 1.807) is 0 Å². The van der Waals surface area contributed by atoms with Crippen LogP contribution in [0.25, 0.3) is 42.4 Å². The van der Waals surface area contributed by atoms with E-state index >= 15 is 0 Å². The molecule has 0 fully saturated rings. The molecule has 1 heterocycles. The fourth-order valence-corrected chi connectivity index (χ4v) is 4.36. The van der Waals surface area contributed by atoms with E-state index in [-0.39, 0.29) is 0 Å². The van der Waals surface area contributed by atoms with Crippen LogP contribution in [0.15, 0.2) is 66.0 Å². The molecule has 0 nitrogen and oxygen atoms in total. The molecule has 0 spiro atoms. The van der Waals surface area contributed by atoms with Crippen LogP contribution in [0.1, 0.15) is 5.56 Å². The van der Waals surface area contributed by atoms with Crippen molar-refractivity contribution in [3.8, 4) is 0 Å². The van der Waals surface area contributed by atoms with Crippen molar-refractivity contribution in [2.24, 2.45) is 0 Å². The molecule has 0 saturated carbocycles. The third-order valence-corrected chi connectivity index (χ3v) is 5.51. The smallest absolute Gasteiger partial charge is 0.0421 e. The number of hydrogen-bond donors (Lipinski definition) is 0. The summed E-state index contributed by atoms with van der Waals surface area (Å²) in [6, 6.07) is 22.6. The van der Waals surface area contributed by atoms with Gasteiger partial charge in [0.05, 0.1) is 0 Å². The number of thiophene rings is 1. The molecular weight excluding hydrogens is 284 g/mol. The van der Waals surface area contributed by atoms with Gasteiger partial charge in [0.15, 0.2) is 0 Å². The Bertz CT molecular complexity index is 1180. The normalized spacial score (nSPS) is 11.9. The highest BCUT2D eigenvalue weighted by molar-refractivity contribution is 7.18. The third-order valence-electron chi connectivity index (χ3n) is 4.54. The molecule has 22 heavy (non-hydrogen) atoms. The van der Waals surface area contributed by atoms with Crippen molar-refractivity contribution < 1.29 is 0 Å². The summed E-state index contributed by atoms with van der Waals surface area (Å²) in [5.74, 6) is 0. The van der Waals surface area contributed by atoms with Crippen molar-refractivity contribution in [1.82, 2.24) is 0 Å². The Balaban J connectivity index is 2.00. The van der Waals surface area contributed by atoms with E-state index in [4.69, 9.17) is 0 Å². The molecule has 0 atom stereocenters. The van der Waals surface area contributed by atoms with Crippen molar-refractivity contribution >= 4 is 53.7 Å². The van der Waals surface area contributed by atoms with E-state index in [2.05, 4.69) is 73.0 Å². The lowest BCUT2D eigenvalue weighted by molar-refractivity contribution is 1.51. The van der Waals surface area contributed by atoms with Gasteiger partial charge in [0.2, 0.25) is 0 Å². The van der Waals surface area contributed by atoms with Gasteiger partial charge in [-0.05, 0) is 62.8 Å². The maximum atomic E-state index is 2.34. The van der Waals surface area contributed by atoms with Crippen molar-refractivity contribution in [3.63, 3.8) is 0 Å². The van der Waals surface area contributed by atoms with Crippen LogP contribution >= 0.6 is 11.3 Å². The highest BCUT2D eigenvalue weighted by Gasteiger charge is 2.06. The molecule has 5 rings (SSSR count). The molecular formula is C21H14S. The first-order valence-electron chi connectivity index (χ1n) is 7.53. The summed E-state index contributed by atoms with van der Waals surface area (Å²) < 4.78 is 1.39. The maximum absolute atomic E-state index is 2.34. The lowest BCUT2D eigenvalue weighted by atomic mass is 9.97. The zero-order valence-corrected chi connectivity index (χ0v) is 13.1. The van der Waals surface area contributed by atoms with E-state index < -0.39 is 0 Å². The zero-order chi connectivity index (χ0) is 14.7. The number of rotatable bonds is 0. The molecule has 0 unspecified atom stereocenters. The van der Waals surface area contributed by atoms with Crippen molar-refractivity contribution in [2.75, 3.05) is 0 Å². The standard InChI is InChI=1S/C21H14S/c1-13-2-3-15-12-20-16(11-17(15)10-13)5-7-19-18(20)6-4-14-8-9-22-21(14)19/h2-12H,1H3. The Labute approximate surface area is 132 Å². The van der Waals surface area contributed by atoms with E-state index in [1.165, 1.54) is 48.0 Å². The monoisotopic (exact) mass is 298 g/mol. The molecule has 0 aliphatic carbocycles. The molecule has 0 bridgehead atoms. The van der Waals surface area contributed by atoms with E-state index in [1.807, 2.05) is 11.3 Å². The van der Waals surface area contributed by atoms with Gasteiger partial charge in [-0.25, -0.2) is 0 Å². The molecule has 104 valence electrons. The van der Waals surface area contributed by atoms with Gasteiger partial charge >= 0.3 is 0 Å². The van der Waals surface area contributed by atoms with Gasteiger partial charge in [-0.15, -0.1) is 11.3 Å². The van der Waals surface area contributed by atoms with Gasteiger partial charge in [0, 0.05) is 10.1 Å². The molecule has 0 aliphatic heterocycles. The maximum Gasteiger partial charge on any atom is 0.0421 e. The summed E-state index contributed by atoms with van der Waals surface area (Å²) >= 11 is 1.83. The van der Waals surface area contributed by atoms with Crippen LogP contribution in [0, 0.1) is 6.92 Å². The van der Waals surface area contributed by atoms with Crippen molar-refractivity contribution in [2.45, 2.75) is 6.92 Å². The van der Waals surface area contributed by atoms with Crippen LogP contribution in [0.3, 0.4) is 0 Å². The molecule has 0 aliphatic rings. The minimum absolute atomic E-state index is 1.31. The predicted octanol–water partition coefficient (Wildman–Crippen LogP) is 6.67. The first kappa shape index (κ1) is 12.2. The lowest BCUT2D eigenvalue weighted by Gasteiger charge is -2.08. The molecule has 0 radical (unpaired) electrons. The fraction of sp³-hybridized carbons (Fsp3) is 0.0476. The second kappa shape index (κ2) is 4.31. The summed E-state index contributed by atoms with van der Waals surface area (Å²) in [6.07, 6.45) is 0. The van der Waals surface area contributed by atoms with Gasteiger partial charge in [-0.3, -0.25) is 0 Å². The van der Waals surface area contributed by atoms with Crippen LogP contribution in [-0.4, -0.2) is 0 Å². The van der Waals surface area contributed by atoms with Crippen LogP contribution in [-0.2, 0) is 0 Å². The molecule has 1 aromatic heterocycles. The first-order valence-corrected chi connectivity index (χ1v) is 8.41. The van der Waals surface area contributed by atoms with Gasteiger partial charge in [0.1, 0.15) is 0 Å². The molecule has 4 aromatic carbocycles. The summed E-state index contributed by atoms with van der Waals surface area (Å²) in [5, 5.41) is 11.6. The summed E-state index contributed by atoms with van der Waals surface area (Å²) in [6.45, 7) is 2.15. The SMILES string of the molecule is Cc1ccc2cc3c(ccc4c3ccc3ccsc34)cc2c1. The Morgan fingerprint density at radius 1 is 0.591 bits per heavy atom. The number of fused-ring (bicyclic) bond motifs is 6. The Hall–Kier alpha value is -2.38. The van der Waals surface area contributed by atoms with Crippen LogP contribution in [0.4, 0.5) is 0 Å². The van der Waals surface area contributed by atoms with E-state index in [0.717, 1.165) is 0 Å². The van der Waals surface area contributed by atoms with Gasteiger partial charge in [0.25, 0.3) is 0 Å². The van der Waals surface area contributed by atoms with Crippen molar-refractivity contribution in [1.29, 1.82) is 0 Å². The quantitative estimate of drug-likeness (QED) is 0.221. The number of aryl methyl sites for hydroxylation is 1. The third kappa shape index (κ3) is 1.63. The topological polar surface area (TPSA) is 0 Å². The second-order valence-corrected chi connectivity index (χ2v) is 6.91. The minimum Gasteiger partial charge on any atom is -0.143 e.